The van der Waals surface area contributed by atoms with Gasteiger partial charge in [0, 0.05) is 10.8 Å². The Morgan fingerprint density at radius 2 is 1.90 bits per heavy atom. The highest BCUT2D eigenvalue weighted by Crippen LogP contribution is 2.24. The summed E-state index contributed by atoms with van der Waals surface area (Å²) in [6.07, 6.45) is 3.20. The molecule has 0 fully saturated rings. The van der Waals surface area contributed by atoms with E-state index in [1.54, 1.807) is 12.3 Å². The fraction of sp³-hybridized carbons (Fsp3) is 0. The first-order valence-electron chi connectivity index (χ1n) is 6.25. The van der Waals surface area contributed by atoms with Crippen LogP contribution in [0.25, 0.3) is 10.8 Å². The Hall–Kier alpha value is -3.15. The molecule has 3 rings (SSSR count). The number of phenolic OH excluding ortho intramolecular Hbond substituents is 2. The van der Waals surface area contributed by atoms with Crippen molar-refractivity contribution in [2.24, 2.45) is 5.10 Å². The van der Waals surface area contributed by atoms with Crippen molar-refractivity contribution in [2.45, 2.75) is 0 Å². The molecule has 0 atom stereocenters. The van der Waals surface area contributed by atoms with Crippen molar-refractivity contribution in [3.63, 3.8) is 0 Å². The summed E-state index contributed by atoms with van der Waals surface area (Å²) < 4.78 is 0. The highest BCUT2D eigenvalue weighted by atomic mass is 16.3. The molecule has 0 saturated carbocycles. The number of aromatic hydroxyl groups is 2. The fourth-order valence-corrected chi connectivity index (χ4v) is 1.90. The summed E-state index contributed by atoms with van der Waals surface area (Å²) in [7, 11) is 0. The Balaban J connectivity index is 1.83. The summed E-state index contributed by atoms with van der Waals surface area (Å²) in [5.74, 6) is 0.191. The maximum absolute atomic E-state index is 9.40. The van der Waals surface area contributed by atoms with Crippen molar-refractivity contribution in [3.8, 4) is 11.5 Å². The molecule has 0 spiro atoms. The van der Waals surface area contributed by atoms with E-state index in [4.69, 9.17) is 0 Å². The molecule has 0 saturated heterocycles. The first-order valence-corrected chi connectivity index (χ1v) is 6.25. The van der Waals surface area contributed by atoms with E-state index in [-0.39, 0.29) is 11.5 Å². The summed E-state index contributed by atoms with van der Waals surface area (Å²) >= 11 is 0. The third-order valence-corrected chi connectivity index (χ3v) is 2.95. The van der Waals surface area contributed by atoms with Gasteiger partial charge in [0.05, 0.1) is 12.4 Å². The molecule has 0 radical (unpaired) electrons. The summed E-state index contributed by atoms with van der Waals surface area (Å²) in [5.41, 5.74) is 3.47. The van der Waals surface area contributed by atoms with Gasteiger partial charge in [-0.15, -0.1) is 5.10 Å². The number of hydrogen-bond donors (Lipinski definition) is 3. The second-order valence-corrected chi connectivity index (χ2v) is 4.40. The SMILES string of the molecule is Oc1ccc(/C=N/Nc2nncc3ccccc23)cc1O. The van der Waals surface area contributed by atoms with Gasteiger partial charge in [0.2, 0.25) is 0 Å². The lowest BCUT2D eigenvalue weighted by Gasteiger charge is -2.03. The van der Waals surface area contributed by atoms with Gasteiger partial charge >= 0.3 is 0 Å². The standard InChI is InChI=1S/C15H12N4O2/c20-13-6-5-10(7-14(13)21)8-16-18-15-12-4-2-1-3-11(12)9-17-19-15/h1-9,20-21H,(H,18,19)/b16-8+. The second-order valence-electron chi connectivity index (χ2n) is 4.40. The molecule has 0 bridgehead atoms. The third-order valence-electron chi connectivity index (χ3n) is 2.95. The maximum Gasteiger partial charge on any atom is 0.176 e. The molecule has 0 amide bonds. The Bertz CT molecular complexity index is 812. The van der Waals surface area contributed by atoms with E-state index in [0.717, 1.165) is 10.8 Å². The van der Waals surface area contributed by atoms with Crippen molar-refractivity contribution in [1.82, 2.24) is 10.2 Å². The topological polar surface area (TPSA) is 90.6 Å². The Morgan fingerprint density at radius 1 is 1.05 bits per heavy atom. The number of fused-ring (bicyclic) bond motifs is 1. The summed E-state index contributed by atoms with van der Waals surface area (Å²) in [5, 5.41) is 32.5. The van der Waals surface area contributed by atoms with E-state index in [1.807, 2.05) is 24.3 Å². The highest BCUT2D eigenvalue weighted by Gasteiger charge is 2.01. The van der Waals surface area contributed by atoms with Gasteiger partial charge < -0.3 is 10.2 Å². The molecule has 0 unspecified atom stereocenters. The lowest BCUT2D eigenvalue weighted by atomic mass is 10.2. The van der Waals surface area contributed by atoms with E-state index in [0.29, 0.717) is 11.4 Å². The average Bonchev–Trinajstić information content (AvgIpc) is 2.51. The quantitative estimate of drug-likeness (QED) is 0.389. The Morgan fingerprint density at radius 3 is 2.76 bits per heavy atom. The zero-order valence-electron chi connectivity index (χ0n) is 10.9. The van der Waals surface area contributed by atoms with Gasteiger partial charge in [-0.05, 0) is 23.8 Å². The predicted octanol–water partition coefficient (Wildman–Crippen LogP) is 2.49. The molecule has 0 aliphatic heterocycles. The monoisotopic (exact) mass is 280 g/mol. The molecule has 0 aliphatic carbocycles. The van der Waals surface area contributed by atoms with Crippen LogP contribution in [0.2, 0.25) is 0 Å². The van der Waals surface area contributed by atoms with Crippen molar-refractivity contribution >= 4 is 22.8 Å². The maximum atomic E-state index is 9.40. The van der Waals surface area contributed by atoms with Gasteiger partial charge in [0.1, 0.15) is 0 Å². The number of nitrogens with one attached hydrogen (secondary N) is 1. The van der Waals surface area contributed by atoms with Crippen molar-refractivity contribution < 1.29 is 10.2 Å². The molecular formula is C15H12N4O2. The average molecular weight is 280 g/mol. The molecule has 1 heterocycles. The molecule has 0 aliphatic rings. The summed E-state index contributed by atoms with van der Waals surface area (Å²) in [4.78, 5) is 0. The minimum atomic E-state index is -0.191. The van der Waals surface area contributed by atoms with Gasteiger partial charge in [-0.2, -0.15) is 10.2 Å². The molecule has 6 heteroatoms. The van der Waals surface area contributed by atoms with Crippen LogP contribution in [-0.2, 0) is 0 Å². The molecule has 3 N–H and O–H groups in total. The van der Waals surface area contributed by atoms with Gasteiger partial charge in [-0.3, -0.25) is 5.43 Å². The normalized spacial score (nSPS) is 11.0. The van der Waals surface area contributed by atoms with Crippen LogP contribution in [0, 0.1) is 0 Å². The lowest BCUT2D eigenvalue weighted by molar-refractivity contribution is 0.403. The molecular weight excluding hydrogens is 268 g/mol. The summed E-state index contributed by atoms with van der Waals surface area (Å²) in [6, 6.07) is 12.1. The van der Waals surface area contributed by atoms with Gasteiger partial charge in [0.15, 0.2) is 17.3 Å². The minimum Gasteiger partial charge on any atom is -0.504 e. The molecule has 6 nitrogen and oxygen atoms in total. The van der Waals surface area contributed by atoms with Crippen molar-refractivity contribution in [1.29, 1.82) is 0 Å². The smallest absolute Gasteiger partial charge is 0.176 e. The van der Waals surface area contributed by atoms with Crippen LogP contribution in [0.3, 0.4) is 0 Å². The molecule has 3 aromatic rings. The largest absolute Gasteiger partial charge is 0.504 e. The minimum absolute atomic E-state index is 0.167. The van der Waals surface area contributed by atoms with Crippen LogP contribution in [-0.4, -0.2) is 26.6 Å². The van der Waals surface area contributed by atoms with Crippen LogP contribution >= 0.6 is 0 Å². The van der Waals surface area contributed by atoms with Crippen molar-refractivity contribution in [3.05, 3.63) is 54.2 Å². The number of nitrogens with zero attached hydrogens (tertiary/aromatic N) is 3. The Kier molecular flexibility index (Phi) is 3.34. The molecule has 21 heavy (non-hydrogen) atoms. The van der Waals surface area contributed by atoms with Gasteiger partial charge in [-0.1, -0.05) is 24.3 Å². The second kappa shape index (κ2) is 5.46. The number of hydrazone groups is 1. The number of rotatable bonds is 3. The van der Waals surface area contributed by atoms with E-state index in [2.05, 4.69) is 20.7 Å². The van der Waals surface area contributed by atoms with Gasteiger partial charge in [0.25, 0.3) is 0 Å². The summed E-state index contributed by atoms with van der Waals surface area (Å²) in [6.45, 7) is 0. The lowest BCUT2D eigenvalue weighted by Crippen LogP contribution is -1.96. The predicted molar refractivity (Wildman–Crippen MR) is 80.5 cm³/mol. The van der Waals surface area contributed by atoms with Crippen LogP contribution in [0.5, 0.6) is 11.5 Å². The highest BCUT2D eigenvalue weighted by molar-refractivity contribution is 5.91. The van der Waals surface area contributed by atoms with E-state index in [1.165, 1.54) is 18.3 Å². The van der Waals surface area contributed by atoms with Crippen LogP contribution < -0.4 is 5.43 Å². The first-order chi connectivity index (χ1) is 10.2. The van der Waals surface area contributed by atoms with Crippen LogP contribution in [0.15, 0.2) is 53.8 Å². The third kappa shape index (κ3) is 2.74. The van der Waals surface area contributed by atoms with E-state index >= 15 is 0 Å². The van der Waals surface area contributed by atoms with Crippen LogP contribution in [0.1, 0.15) is 5.56 Å². The fourth-order valence-electron chi connectivity index (χ4n) is 1.90. The zero-order valence-corrected chi connectivity index (χ0v) is 10.9. The number of hydrogen-bond acceptors (Lipinski definition) is 6. The number of benzene rings is 2. The number of anilines is 1. The number of phenols is 2. The molecule has 1 aromatic heterocycles. The van der Waals surface area contributed by atoms with Crippen LogP contribution in [0.4, 0.5) is 5.82 Å². The molecule has 2 aromatic carbocycles. The van der Waals surface area contributed by atoms with Gasteiger partial charge in [-0.25, -0.2) is 0 Å². The molecule has 104 valence electrons. The first kappa shape index (κ1) is 12.9. The Labute approximate surface area is 120 Å². The number of aromatic nitrogens is 2. The van der Waals surface area contributed by atoms with E-state index in [9.17, 15) is 10.2 Å². The zero-order chi connectivity index (χ0) is 14.7. The van der Waals surface area contributed by atoms with E-state index < -0.39 is 0 Å². The van der Waals surface area contributed by atoms with Crippen molar-refractivity contribution in [2.75, 3.05) is 5.43 Å².